The molecule has 0 spiro atoms. The smallest absolute Gasteiger partial charge is 0.311 e. The van der Waals surface area contributed by atoms with E-state index in [1.54, 1.807) is 13.2 Å². The van der Waals surface area contributed by atoms with Crippen molar-refractivity contribution < 1.29 is 14.2 Å². The molecule has 0 amide bonds. The van der Waals surface area contributed by atoms with Crippen molar-refractivity contribution in [2.24, 2.45) is 0 Å². The first-order valence-electron chi connectivity index (χ1n) is 10.6. The van der Waals surface area contributed by atoms with E-state index in [0.29, 0.717) is 28.1 Å². The molecule has 0 saturated heterocycles. The number of hydrogen-bond acceptors (Lipinski definition) is 7. The fraction of sp³-hybridized carbons (Fsp3) is 0.280. The first-order valence-corrected chi connectivity index (χ1v) is 10.6. The summed E-state index contributed by atoms with van der Waals surface area (Å²) in [5.41, 5.74) is 4.85. The lowest BCUT2D eigenvalue weighted by Crippen LogP contribution is -2.14. The van der Waals surface area contributed by atoms with Crippen LogP contribution in [-0.4, -0.2) is 22.2 Å². The van der Waals surface area contributed by atoms with Crippen LogP contribution in [0.4, 0.5) is 17.1 Å². The number of ether oxygens (including phenoxy) is 1. The van der Waals surface area contributed by atoms with Gasteiger partial charge < -0.3 is 14.6 Å². The second-order valence-corrected chi connectivity index (χ2v) is 8.96. The minimum absolute atomic E-state index is 0.113. The molecule has 2 heterocycles. The van der Waals surface area contributed by atoms with E-state index in [9.17, 15) is 10.1 Å². The number of anilines is 2. The highest BCUT2D eigenvalue weighted by Gasteiger charge is 2.25. The number of pyridine rings is 1. The number of fused-ring (bicyclic) bond motifs is 1. The molecule has 0 fully saturated rings. The Bertz CT molecular complexity index is 1350. The SMILES string of the molecule is COc1cc2c(Nc3ccccc3C(C)(C)C)c([N+](=O)[O-])cnc2cc1-c1c(C)noc1C. The van der Waals surface area contributed by atoms with E-state index < -0.39 is 4.92 Å². The van der Waals surface area contributed by atoms with Gasteiger partial charge in [-0.2, -0.15) is 0 Å². The largest absolute Gasteiger partial charge is 0.496 e. The summed E-state index contributed by atoms with van der Waals surface area (Å²) in [6.45, 7) is 10.00. The van der Waals surface area contributed by atoms with Gasteiger partial charge in [-0.25, -0.2) is 4.98 Å². The number of aromatic nitrogens is 2. The van der Waals surface area contributed by atoms with E-state index in [4.69, 9.17) is 9.26 Å². The van der Waals surface area contributed by atoms with Crippen LogP contribution >= 0.6 is 0 Å². The molecule has 1 N–H and O–H groups in total. The van der Waals surface area contributed by atoms with Crippen molar-refractivity contribution in [1.82, 2.24) is 10.1 Å². The molecule has 0 bridgehead atoms. The summed E-state index contributed by atoms with van der Waals surface area (Å²) in [4.78, 5) is 15.9. The number of para-hydroxylation sites is 1. The Morgan fingerprint density at radius 3 is 2.48 bits per heavy atom. The second kappa shape index (κ2) is 8.20. The molecule has 0 radical (unpaired) electrons. The molecule has 2 aromatic carbocycles. The summed E-state index contributed by atoms with van der Waals surface area (Å²) < 4.78 is 11.0. The number of methoxy groups -OCH3 is 1. The van der Waals surface area contributed by atoms with E-state index in [0.717, 1.165) is 28.1 Å². The van der Waals surface area contributed by atoms with Gasteiger partial charge in [0.05, 0.1) is 28.8 Å². The number of nitro groups is 1. The summed E-state index contributed by atoms with van der Waals surface area (Å²) in [6, 6.07) is 11.4. The molecule has 8 heteroatoms. The van der Waals surface area contributed by atoms with E-state index in [-0.39, 0.29) is 11.1 Å². The molecule has 2 aromatic heterocycles. The maximum absolute atomic E-state index is 11.9. The summed E-state index contributed by atoms with van der Waals surface area (Å²) in [5.74, 6) is 1.20. The van der Waals surface area contributed by atoms with Crippen LogP contribution in [-0.2, 0) is 5.41 Å². The van der Waals surface area contributed by atoms with Gasteiger partial charge in [0.1, 0.15) is 23.4 Å². The van der Waals surface area contributed by atoms with Gasteiger partial charge in [-0.05, 0) is 43.0 Å². The van der Waals surface area contributed by atoms with Gasteiger partial charge in [0.2, 0.25) is 0 Å². The molecule has 4 rings (SSSR count). The minimum Gasteiger partial charge on any atom is -0.496 e. The van der Waals surface area contributed by atoms with Crippen LogP contribution < -0.4 is 10.1 Å². The zero-order valence-electron chi connectivity index (χ0n) is 19.5. The van der Waals surface area contributed by atoms with Crippen molar-refractivity contribution >= 4 is 28.0 Å². The van der Waals surface area contributed by atoms with Crippen molar-refractivity contribution in [2.45, 2.75) is 40.0 Å². The normalized spacial score (nSPS) is 11.6. The molecular weight excluding hydrogens is 420 g/mol. The molecule has 33 heavy (non-hydrogen) atoms. The first kappa shape index (κ1) is 22.3. The van der Waals surface area contributed by atoms with Gasteiger partial charge in [0.25, 0.3) is 0 Å². The monoisotopic (exact) mass is 446 g/mol. The lowest BCUT2D eigenvalue weighted by Gasteiger charge is -2.24. The summed E-state index contributed by atoms with van der Waals surface area (Å²) in [6.07, 6.45) is 1.29. The number of hydrogen-bond donors (Lipinski definition) is 1. The van der Waals surface area contributed by atoms with Gasteiger partial charge in [-0.15, -0.1) is 0 Å². The topological polar surface area (TPSA) is 103 Å². The number of aryl methyl sites for hydroxylation is 2. The van der Waals surface area contributed by atoms with Gasteiger partial charge in [-0.3, -0.25) is 10.1 Å². The zero-order chi connectivity index (χ0) is 23.9. The van der Waals surface area contributed by atoms with Gasteiger partial charge in [0, 0.05) is 16.6 Å². The van der Waals surface area contributed by atoms with Crippen molar-refractivity contribution in [2.75, 3.05) is 12.4 Å². The fourth-order valence-electron chi connectivity index (χ4n) is 4.09. The highest BCUT2D eigenvalue weighted by molar-refractivity contribution is 6.01. The number of benzene rings is 2. The van der Waals surface area contributed by atoms with Crippen LogP contribution in [0.25, 0.3) is 22.0 Å². The van der Waals surface area contributed by atoms with E-state index in [1.807, 2.05) is 44.2 Å². The Hall–Kier alpha value is -3.94. The average Bonchev–Trinajstić information content (AvgIpc) is 3.10. The van der Waals surface area contributed by atoms with Gasteiger partial charge in [0.15, 0.2) is 0 Å². The molecule has 8 nitrogen and oxygen atoms in total. The quantitative estimate of drug-likeness (QED) is 0.277. The van der Waals surface area contributed by atoms with E-state index >= 15 is 0 Å². The predicted octanol–water partition coefficient (Wildman–Crippen LogP) is 6.46. The summed E-state index contributed by atoms with van der Waals surface area (Å²) >= 11 is 0. The average molecular weight is 447 g/mol. The van der Waals surface area contributed by atoms with Crippen molar-refractivity contribution in [3.8, 4) is 16.9 Å². The molecular formula is C25H26N4O4. The number of rotatable bonds is 5. The molecule has 0 aliphatic rings. The third-order valence-corrected chi connectivity index (χ3v) is 5.66. The Balaban J connectivity index is 1.98. The highest BCUT2D eigenvalue weighted by Crippen LogP contribution is 2.42. The fourth-order valence-corrected chi connectivity index (χ4v) is 4.09. The van der Waals surface area contributed by atoms with E-state index in [2.05, 4.69) is 36.2 Å². The van der Waals surface area contributed by atoms with Crippen LogP contribution in [0, 0.1) is 24.0 Å². The van der Waals surface area contributed by atoms with Crippen LogP contribution in [0.15, 0.2) is 47.1 Å². The van der Waals surface area contributed by atoms with Crippen LogP contribution in [0.3, 0.4) is 0 Å². The van der Waals surface area contributed by atoms with Gasteiger partial charge >= 0.3 is 5.69 Å². The maximum atomic E-state index is 11.9. The van der Waals surface area contributed by atoms with Crippen molar-refractivity contribution in [3.63, 3.8) is 0 Å². The Morgan fingerprint density at radius 2 is 1.88 bits per heavy atom. The molecule has 0 saturated carbocycles. The lowest BCUT2D eigenvalue weighted by molar-refractivity contribution is -0.384. The van der Waals surface area contributed by atoms with Crippen molar-refractivity contribution in [1.29, 1.82) is 0 Å². The molecule has 4 aromatic rings. The lowest BCUT2D eigenvalue weighted by atomic mass is 9.85. The standard InChI is InChI=1S/C25H26N4O4/c1-14-23(15(2)33-28-14)17-11-20-16(12-22(17)32-6)24(21(13-26-20)29(30)31)27-19-10-8-7-9-18(19)25(3,4)5/h7-13H,1-6H3,(H,26,27). The maximum Gasteiger partial charge on any atom is 0.311 e. The minimum atomic E-state index is -0.427. The second-order valence-electron chi connectivity index (χ2n) is 8.96. The number of nitrogens with zero attached hydrogens (tertiary/aromatic N) is 3. The predicted molar refractivity (Wildman–Crippen MR) is 128 cm³/mol. The molecule has 0 unspecified atom stereocenters. The highest BCUT2D eigenvalue weighted by atomic mass is 16.6. The summed E-state index contributed by atoms with van der Waals surface area (Å²) in [7, 11) is 1.57. The van der Waals surface area contributed by atoms with Gasteiger partial charge in [-0.1, -0.05) is 44.1 Å². The Morgan fingerprint density at radius 1 is 1.15 bits per heavy atom. The van der Waals surface area contributed by atoms with E-state index in [1.165, 1.54) is 6.20 Å². The zero-order valence-corrected chi connectivity index (χ0v) is 19.5. The van der Waals surface area contributed by atoms with Crippen LogP contribution in [0.5, 0.6) is 5.75 Å². The molecule has 170 valence electrons. The number of nitrogens with one attached hydrogen (secondary N) is 1. The third kappa shape index (κ3) is 4.00. The van der Waals surface area contributed by atoms with Crippen LogP contribution in [0.2, 0.25) is 0 Å². The Kier molecular flexibility index (Phi) is 5.53. The van der Waals surface area contributed by atoms with Crippen molar-refractivity contribution in [3.05, 3.63) is 69.7 Å². The summed E-state index contributed by atoms with van der Waals surface area (Å²) in [5, 5.41) is 19.9. The Labute approximate surface area is 191 Å². The first-order chi connectivity index (χ1) is 15.6. The molecule has 0 aliphatic carbocycles. The molecule has 0 atom stereocenters. The molecule has 0 aliphatic heterocycles. The van der Waals surface area contributed by atoms with Crippen LogP contribution in [0.1, 0.15) is 37.8 Å². The third-order valence-electron chi connectivity index (χ3n) is 5.66.